The van der Waals surface area contributed by atoms with Crippen molar-refractivity contribution in [1.29, 1.82) is 0 Å². The quantitative estimate of drug-likeness (QED) is 0.808. The zero-order valence-corrected chi connectivity index (χ0v) is 16.7. The molecule has 6 heteroatoms. The van der Waals surface area contributed by atoms with E-state index in [1.165, 1.54) is 35.6 Å². The topological polar surface area (TPSA) is 43.9 Å². The van der Waals surface area contributed by atoms with E-state index < -0.39 is 10.2 Å². The van der Waals surface area contributed by atoms with Gasteiger partial charge in [0.15, 0.2) is 0 Å². The van der Waals surface area contributed by atoms with Gasteiger partial charge in [-0.25, -0.2) is 0 Å². The molecule has 0 unspecified atom stereocenters. The van der Waals surface area contributed by atoms with E-state index in [2.05, 4.69) is 35.2 Å². The van der Waals surface area contributed by atoms with Crippen molar-refractivity contribution in [2.45, 2.75) is 44.2 Å². The highest BCUT2D eigenvalue weighted by atomic mass is 32.2. The van der Waals surface area contributed by atoms with E-state index in [1.807, 2.05) is 0 Å². The van der Waals surface area contributed by atoms with Crippen LogP contribution < -0.4 is 0 Å². The van der Waals surface area contributed by atoms with Crippen molar-refractivity contribution in [2.75, 3.05) is 33.7 Å². The smallest absolute Gasteiger partial charge is 0.281 e. The molecule has 0 aliphatic carbocycles. The third-order valence-corrected chi connectivity index (χ3v) is 8.46. The van der Waals surface area contributed by atoms with Crippen molar-refractivity contribution in [3.8, 4) is 0 Å². The molecule has 3 fully saturated rings. The van der Waals surface area contributed by atoms with E-state index in [0.29, 0.717) is 37.0 Å². The molecule has 4 rings (SSSR count). The zero-order chi connectivity index (χ0) is 18.3. The number of fused-ring (bicyclic) bond motifs is 4. The third-order valence-electron chi connectivity index (χ3n) is 6.58. The average molecular weight is 378 g/mol. The van der Waals surface area contributed by atoms with Crippen LogP contribution in [0.25, 0.3) is 0 Å². The fourth-order valence-electron chi connectivity index (χ4n) is 5.39. The first-order chi connectivity index (χ1) is 12.4. The fourth-order valence-corrected chi connectivity index (χ4v) is 6.63. The molecular formula is C20H31N3O2S. The van der Waals surface area contributed by atoms with E-state index in [0.717, 1.165) is 13.0 Å². The van der Waals surface area contributed by atoms with Crippen LogP contribution in [0.4, 0.5) is 0 Å². The summed E-state index contributed by atoms with van der Waals surface area (Å²) in [7, 11) is -0.0110. The lowest BCUT2D eigenvalue weighted by Crippen LogP contribution is -2.63. The molecule has 4 atom stereocenters. The van der Waals surface area contributed by atoms with E-state index in [-0.39, 0.29) is 0 Å². The van der Waals surface area contributed by atoms with Crippen molar-refractivity contribution < 1.29 is 8.42 Å². The maximum atomic E-state index is 12.6. The van der Waals surface area contributed by atoms with Gasteiger partial charge in [0.1, 0.15) is 0 Å². The summed E-state index contributed by atoms with van der Waals surface area (Å²) in [5, 5.41) is 0. The van der Waals surface area contributed by atoms with Gasteiger partial charge in [-0.1, -0.05) is 36.8 Å². The van der Waals surface area contributed by atoms with Gasteiger partial charge in [-0.05, 0) is 43.1 Å². The van der Waals surface area contributed by atoms with Crippen LogP contribution in [-0.4, -0.2) is 67.7 Å². The summed E-state index contributed by atoms with van der Waals surface area (Å²) < 4.78 is 28.3. The molecule has 0 saturated carbocycles. The van der Waals surface area contributed by atoms with Crippen LogP contribution >= 0.6 is 0 Å². The highest BCUT2D eigenvalue weighted by Gasteiger charge is 2.46. The Morgan fingerprint density at radius 3 is 2.58 bits per heavy atom. The molecular weight excluding hydrogens is 346 g/mol. The second kappa shape index (κ2) is 7.23. The fraction of sp³-hybridized carbons (Fsp3) is 0.700. The molecule has 3 saturated heterocycles. The average Bonchev–Trinajstić information content (AvgIpc) is 2.63. The van der Waals surface area contributed by atoms with Crippen molar-refractivity contribution >= 4 is 10.2 Å². The minimum Gasteiger partial charge on any atom is -0.296 e. The molecule has 0 spiro atoms. The molecule has 0 amide bonds. The van der Waals surface area contributed by atoms with Gasteiger partial charge in [0, 0.05) is 45.8 Å². The van der Waals surface area contributed by atoms with E-state index in [1.54, 1.807) is 18.4 Å². The van der Waals surface area contributed by atoms with Gasteiger partial charge in [0.05, 0.1) is 0 Å². The Morgan fingerprint density at radius 2 is 1.85 bits per heavy atom. The Balaban J connectivity index is 1.51. The highest BCUT2D eigenvalue weighted by Crippen LogP contribution is 2.41. The first-order valence-corrected chi connectivity index (χ1v) is 11.3. The summed E-state index contributed by atoms with van der Waals surface area (Å²) in [6, 6.07) is 12.0. The van der Waals surface area contributed by atoms with Gasteiger partial charge >= 0.3 is 0 Å². The minimum absolute atomic E-state index is 0.469. The van der Waals surface area contributed by atoms with E-state index in [9.17, 15) is 8.42 Å². The van der Waals surface area contributed by atoms with Gasteiger partial charge in [0.2, 0.25) is 0 Å². The zero-order valence-electron chi connectivity index (χ0n) is 15.9. The van der Waals surface area contributed by atoms with E-state index in [4.69, 9.17) is 0 Å². The molecule has 3 heterocycles. The van der Waals surface area contributed by atoms with Crippen LogP contribution in [0.15, 0.2) is 30.3 Å². The molecule has 2 bridgehead atoms. The van der Waals surface area contributed by atoms with Crippen molar-refractivity contribution in [2.24, 2.45) is 11.8 Å². The van der Waals surface area contributed by atoms with Crippen molar-refractivity contribution in [1.82, 2.24) is 13.5 Å². The molecule has 3 aliphatic heterocycles. The summed E-state index contributed by atoms with van der Waals surface area (Å²) in [6.07, 6.45) is 6.07. The molecule has 3 aliphatic rings. The van der Waals surface area contributed by atoms with Crippen LogP contribution in [0.5, 0.6) is 0 Å². The lowest BCUT2D eigenvalue weighted by atomic mass is 9.74. The molecule has 1 aromatic carbocycles. The van der Waals surface area contributed by atoms with Crippen LogP contribution in [-0.2, 0) is 16.6 Å². The lowest BCUT2D eigenvalue weighted by Gasteiger charge is -2.55. The molecule has 5 nitrogen and oxygen atoms in total. The van der Waals surface area contributed by atoms with Gasteiger partial charge in [0.25, 0.3) is 10.2 Å². The number of rotatable bonds is 4. The third kappa shape index (κ3) is 3.44. The van der Waals surface area contributed by atoms with Crippen LogP contribution in [0.3, 0.4) is 0 Å². The number of piperidine rings is 3. The molecule has 0 aromatic heterocycles. The second-order valence-corrected chi connectivity index (χ2v) is 10.6. The maximum absolute atomic E-state index is 12.6. The van der Waals surface area contributed by atoms with Crippen LogP contribution in [0.2, 0.25) is 0 Å². The van der Waals surface area contributed by atoms with Gasteiger partial charge in [-0.3, -0.25) is 4.90 Å². The number of hydrogen-bond acceptors (Lipinski definition) is 3. The Labute approximate surface area is 158 Å². The Morgan fingerprint density at radius 1 is 1.08 bits per heavy atom. The van der Waals surface area contributed by atoms with Crippen molar-refractivity contribution in [3.63, 3.8) is 0 Å². The van der Waals surface area contributed by atoms with Crippen LogP contribution in [0, 0.1) is 11.8 Å². The molecule has 26 heavy (non-hydrogen) atoms. The predicted octanol–water partition coefficient (Wildman–Crippen LogP) is 2.21. The van der Waals surface area contributed by atoms with Gasteiger partial charge in [-0.2, -0.15) is 17.0 Å². The largest absolute Gasteiger partial charge is 0.296 e. The molecule has 144 valence electrons. The molecule has 1 aromatic rings. The summed E-state index contributed by atoms with van der Waals surface area (Å²) in [6.45, 7) is 2.42. The summed E-state index contributed by atoms with van der Waals surface area (Å²) in [5.74, 6) is 0.951. The highest BCUT2D eigenvalue weighted by molar-refractivity contribution is 7.86. The first-order valence-electron chi connectivity index (χ1n) is 9.92. The maximum Gasteiger partial charge on any atom is 0.281 e. The molecule has 0 N–H and O–H groups in total. The lowest BCUT2D eigenvalue weighted by molar-refractivity contribution is -0.0409. The Kier molecular flexibility index (Phi) is 5.12. The van der Waals surface area contributed by atoms with E-state index >= 15 is 0 Å². The summed E-state index contributed by atoms with van der Waals surface area (Å²) in [5.41, 5.74) is 1.42. The predicted molar refractivity (Wildman–Crippen MR) is 104 cm³/mol. The van der Waals surface area contributed by atoms with Crippen molar-refractivity contribution in [3.05, 3.63) is 35.9 Å². The number of benzene rings is 1. The van der Waals surface area contributed by atoms with Crippen LogP contribution in [0.1, 0.15) is 31.2 Å². The monoisotopic (exact) mass is 377 g/mol. The first kappa shape index (κ1) is 18.4. The SMILES string of the molecule is CN(C)S(=O)(=O)N1C[C@@H]2C[C@H](C1)[C@@H]1CCC[C@H](Cc3ccccc3)N1C2. The summed E-state index contributed by atoms with van der Waals surface area (Å²) in [4.78, 5) is 2.74. The minimum atomic E-state index is -3.29. The number of nitrogens with zero attached hydrogens (tertiary/aromatic N) is 3. The Hall–Kier alpha value is -0.950. The van der Waals surface area contributed by atoms with Gasteiger partial charge in [-0.15, -0.1) is 0 Å². The molecule has 0 radical (unpaired) electrons. The number of hydrogen-bond donors (Lipinski definition) is 0. The second-order valence-electron chi connectivity index (χ2n) is 8.51. The standard InChI is InChI=1S/C20H31N3O2S/c1-21(2)26(24,25)22-13-17-11-18(15-22)20-10-6-9-19(23(20)14-17)12-16-7-4-3-5-8-16/h3-5,7-8,17-20H,6,9-15H2,1-2H3/t17-,18+,19+,20-/m0/s1. The summed E-state index contributed by atoms with van der Waals surface area (Å²) >= 11 is 0. The Bertz CT molecular complexity index is 722. The van der Waals surface area contributed by atoms with Gasteiger partial charge < -0.3 is 0 Å². The normalized spacial score (nSPS) is 33.2.